The van der Waals surface area contributed by atoms with Crippen LogP contribution in [0.15, 0.2) is 17.1 Å². The van der Waals surface area contributed by atoms with Crippen LogP contribution < -0.4 is 11.4 Å². The molecule has 2 heterocycles. The Morgan fingerprint density at radius 3 is 2.41 bits per heavy atom. The first kappa shape index (κ1) is 26.8. The molecule has 0 amide bonds. The van der Waals surface area contributed by atoms with Gasteiger partial charge < -0.3 is 40.3 Å². The second-order valence-corrected chi connectivity index (χ2v) is 10.5. The minimum absolute atomic E-state index is 0.154. The van der Waals surface area contributed by atoms with Gasteiger partial charge >= 0.3 is 29.2 Å². The number of hydrogen-bond donors (Lipinski definition) is 7. The van der Waals surface area contributed by atoms with Gasteiger partial charge in [-0.15, -0.1) is 5.92 Å². The zero-order valence-corrected chi connectivity index (χ0v) is 18.5. The maximum atomic E-state index is 12.1. The molecule has 1 fully saturated rings. The van der Waals surface area contributed by atoms with Crippen LogP contribution in [0.3, 0.4) is 0 Å². The van der Waals surface area contributed by atoms with E-state index in [1.807, 2.05) is 0 Å². The molecule has 0 aromatic carbocycles. The van der Waals surface area contributed by atoms with Gasteiger partial charge in [0.15, 0.2) is 11.8 Å². The lowest BCUT2D eigenvalue weighted by atomic mass is 9.94. The third-order valence-electron chi connectivity index (χ3n) is 3.73. The molecule has 4 unspecified atom stereocenters. The van der Waals surface area contributed by atoms with Crippen molar-refractivity contribution in [2.24, 2.45) is 0 Å². The van der Waals surface area contributed by atoms with Crippen LogP contribution >= 0.6 is 23.5 Å². The minimum atomic E-state index is -5.76. The zero-order valence-electron chi connectivity index (χ0n) is 15.9. The highest BCUT2D eigenvalue weighted by Gasteiger charge is 2.56. The number of aromatic nitrogens is 2. The van der Waals surface area contributed by atoms with E-state index in [1.54, 1.807) is 0 Å². The fraction of sp³-hybridized carbons (Fsp3) is 0.500. The van der Waals surface area contributed by atoms with Crippen LogP contribution in [0.25, 0.3) is 0 Å². The van der Waals surface area contributed by atoms with Crippen molar-refractivity contribution in [3.05, 3.63) is 22.7 Å². The molecular formula is C12H18N3O14P3. The monoisotopic (exact) mass is 521 g/mol. The number of anilines is 1. The van der Waals surface area contributed by atoms with Crippen molar-refractivity contribution in [3.8, 4) is 11.8 Å². The van der Waals surface area contributed by atoms with E-state index >= 15 is 0 Å². The van der Waals surface area contributed by atoms with Crippen molar-refractivity contribution < 1.29 is 61.4 Å². The van der Waals surface area contributed by atoms with E-state index in [2.05, 4.69) is 30.0 Å². The lowest BCUT2D eigenvalue weighted by Crippen LogP contribution is -2.47. The summed E-state index contributed by atoms with van der Waals surface area (Å²) < 4.78 is 51.4. The third-order valence-corrected chi connectivity index (χ3v) is 7.53. The van der Waals surface area contributed by atoms with Crippen molar-refractivity contribution in [1.82, 2.24) is 9.55 Å². The lowest BCUT2D eigenvalue weighted by molar-refractivity contribution is -0.0761. The number of aliphatic hydroxyl groups is 2. The van der Waals surface area contributed by atoms with Crippen LogP contribution in [-0.4, -0.2) is 63.8 Å². The van der Waals surface area contributed by atoms with Crippen LogP contribution in [-0.2, 0) is 31.6 Å². The Hall–Kier alpha value is -1.47. The molecule has 32 heavy (non-hydrogen) atoms. The summed E-state index contributed by atoms with van der Waals surface area (Å²) in [7, 11) is -16.9. The molecule has 0 saturated carbocycles. The van der Waals surface area contributed by atoms with Gasteiger partial charge in [-0.3, -0.25) is 9.09 Å². The van der Waals surface area contributed by atoms with Gasteiger partial charge in [-0.05, 0) is 13.0 Å². The van der Waals surface area contributed by atoms with Gasteiger partial charge in [-0.25, -0.2) is 18.5 Å². The van der Waals surface area contributed by atoms with Crippen molar-refractivity contribution in [2.45, 2.75) is 31.0 Å². The van der Waals surface area contributed by atoms with Gasteiger partial charge in [-0.2, -0.15) is 13.6 Å². The Morgan fingerprint density at radius 2 is 1.88 bits per heavy atom. The fourth-order valence-corrected chi connectivity index (χ4v) is 5.62. The molecule has 0 bridgehead atoms. The first-order valence-corrected chi connectivity index (χ1v) is 12.6. The first-order valence-electron chi connectivity index (χ1n) is 8.12. The number of phosphoric acid groups is 3. The Labute approximate surface area is 178 Å². The standard InChI is InChI=1S/C12H18N3O14P3/c1-2-4-12(18)9(16)7(27-10(12)15-5-3-8(13)14-11(15)17)6-26-31(22,23)29-32(24,25)28-30(19,20)21/h3,5,7,9-10,16,18H,6H2,1H3,(H,22,23)(H,24,25)(H2,13,14,17)(H2,19,20,21)/t7-,9?,10-,12?/m1/s1. The average Bonchev–Trinajstić information content (AvgIpc) is 2.82. The number of ether oxygens (including phenoxy) is 1. The molecule has 1 aliphatic rings. The Kier molecular flexibility index (Phi) is 7.88. The smallest absolute Gasteiger partial charge is 0.386 e. The number of phosphoric ester groups is 1. The maximum Gasteiger partial charge on any atom is 0.490 e. The van der Waals surface area contributed by atoms with Crippen molar-refractivity contribution in [3.63, 3.8) is 0 Å². The molecule has 0 spiro atoms. The van der Waals surface area contributed by atoms with Crippen molar-refractivity contribution in [2.75, 3.05) is 12.3 Å². The van der Waals surface area contributed by atoms with Gasteiger partial charge in [0.2, 0.25) is 0 Å². The molecular weight excluding hydrogens is 503 g/mol. The van der Waals surface area contributed by atoms with Gasteiger partial charge in [0, 0.05) is 6.20 Å². The van der Waals surface area contributed by atoms with Crippen molar-refractivity contribution >= 4 is 29.3 Å². The quantitative estimate of drug-likeness (QED) is 0.147. The van der Waals surface area contributed by atoms with Crippen molar-refractivity contribution in [1.29, 1.82) is 0 Å². The van der Waals surface area contributed by atoms with Crippen LogP contribution in [0.4, 0.5) is 5.82 Å². The van der Waals surface area contributed by atoms with E-state index in [9.17, 15) is 33.6 Å². The topological polar surface area (TPSA) is 270 Å². The average molecular weight is 521 g/mol. The number of aliphatic hydroxyl groups excluding tert-OH is 1. The highest BCUT2D eigenvalue weighted by atomic mass is 31.3. The van der Waals surface area contributed by atoms with Gasteiger partial charge in [-0.1, -0.05) is 5.92 Å². The molecule has 1 saturated heterocycles. The molecule has 180 valence electrons. The highest BCUT2D eigenvalue weighted by Crippen LogP contribution is 2.66. The molecule has 17 nitrogen and oxygen atoms in total. The highest BCUT2D eigenvalue weighted by molar-refractivity contribution is 7.66. The maximum absolute atomic E-state index is 12.1. The number of hydrogen-bond acceptors (Lipinski definition) is 12. The minimum Gasteiger partial charge on any atom is -0.386 e. The summed E-state index contributed by atoms with van der Waals surface area (Å²) in [6.45, 7) is 0.206. The molecule has 20 heteroatoms. The number of nitrogens with two attached hydrogens (primary N) is 1. The Bertz CT molecular complexity index is 1120. The third kappa shape index (κ3) is 6.53. The summed E-state index contributed by atoms with van der Waals surface area (Å²) >= 11 is 0. The number of rotatable bonds is 8. The van der Waals surface area contributed by atoms with Gasteiger partial charge in [0.1, 0.15) is 18.0 Å². The molecule has 1 aromatic rings. The molecule has 0 radical (unpaired) electrons. The Balaban J connectivity index is 2.23. The van der Waals surface area contributed by atoms with E-state index in [4.69, 9.17) is 25.2 Å². The Morgan fingerprint density at radius 1 is 1.25 bits per heavy atom. The number of nitrogens with zero attached hydrogens (tertiary/aromatic N) is 2. The van der Waals surface area contributed by atoms with Gasteiger partial charge in [0.05, 0.1) is 6.61 Å². The lowest BCUT2D eigenvalue weighted by Gasteiger charge is -2.26. The van der Waals surface area contributed by atoms with E-state index < -0.39 is 59.8 Å². The summed E-state index contributed by atoms with van der Waals surface area (Å²) in [5.74, 6) is 4.43. The SMILES string of the molecule is CC#CC1(O)C(O)[C@@H](COP(=O)(O)OP(=O)(O)OP(=O)(O)O)O[C@H]1n1ccc(N)nc1=O. The number of nitrogen functional groups attached to an aromatic ring is 1. The van der Waals surface area contributed by atoms with E-state index in [0.29, 0.717) is 0 Å². The fourth-order valence-electron chi connectivity index (χ4n) is 2.59. The second kappa shape index (κ2) is 9.41. The van der Waals surface area contributed by atoms with Crippen LogP contribution in [0.2, 0.25) is 0 Å². The first-order chi connectivity index (χ1) is 14.5. The largest absolute Gasteiger partial charge is 0.490 e. The molecule has 2 rings (SSSR count). The van der Waals surface area contributed by atoms with E-state index in [-0.39, 0.29) is 5.82 Å². The van der Waals surface area contributed by atoms with E-state index in [0.717, 1.165) is 10.8 Å². The summed E-state index contributed by atoms with van der Waals surface area (Å²) in [6, 6.07) is 1.18. The molecule has 0 aliphatic carbocycles. The van der Waals surface area contributed by atoms with Crippen LogP contribution in [0.1, 0.15) is 13.2 Å². The summed E-state index contributed by atoms with van der Waals surface area (Å²) in [4.78, 5) is 51.2. The summed E-state index contributed by atoms with van der Waals surface area (Å²) in [5.41, 5.74) is 1.95. The van der Waals surface area contributed by atoms with Gasteiger partial charge in [0.25, 0.3) is 0 Å². The normalized spacial score (nSPS) is 29.5. The molecule has 1 aromatic heterocycles. The predicted molar refractivity (Wildman–Crippen MR) is 101 cm³/mol. The molecule has 6 atom stereocenters. The molecule has 1 aliphatic heterocycles. The van der Waals surface area contributed by atoms with Crippen LogP contribution in [0.5, 0.6) is 0 Å². The zero-order chi connectivity index (χ0) is 24.5. The summed E-state index contributed by atoms with van der Waals surface area (Å²) in [5, 5.41) is 21.2. The second-order valence-electron chi connectivity index (χ2n) is 6.10. The van der Waals surface area contributed by atoms with E-state index in [1.165, 1.54) is 13.0 Å². The predicted octanol–water partition coefficient (Wildman–Crippen LogP) is -1.82. The van der Waals surface area contributed by atoms with Crippen LogP contribution in [0, 0.1) is 11.8 Å². The summed E-state index contributed by atoms with van der Waals surface area (Å²) in [6.07, 6.45) is -4.24. The molecule has 8 N–H and O–H groups in total.